The summed E-state index contributed by atoms with van der Waals surface area (Å²) in [6.07, 6.45) is -4.89. The summed E-state index contributed by atoms with van der Waals surface area (Å²) in [6, 6.07) is 16.0. The molecule has 0 bridgehead atoms. The van der Waals surface area contributed by atoms with E-state index < -0.39 is 44.8 Å². The van der Waals surface area contributed by atoms with Crippen LogP contribution in [-0.4, -0.2) is 32.5 Å². The summed E-state index contributed by atoms with van der Waals surface area (Å²) < 4.78 is 53.8. The lowest BCUT2D eigenvalue weighted by Crippen LogP contribution is -2.16. The van der Waals surface area contributed by atoms with Crippen molar-refractivity contribution in [3.05, 3.63) is 104 Å². The third kappa shape index (κ3) is 6.06. The lowest BCUT2D eigenvalue weighted by Gasteiger charge is -2.11. The molecule has 0 saturated heterocycles. The zero-order valence-electron chi connectivity index (χ0n) is 22.7. The Morgan fingerprint density at radius 3 is 2.51 bits per heavy atom. The molecule has 220 valence electrons. The molecule has 3 aromatic carbocycles. The van der Waals surface area contributed by atoms with Crippen molar-refractivity contribution in [2.75, 3.05) is 12.4 Å². The van der Waals surface area contributed by atoms with E-state index in [1.807, 2.05) is 19.1 Å². The van der Waals surface area contributed by atoms with Crippen LogP contribution in [0.2, 0.25) is 5.02 Å². The Morgan fingerprint density at radius 2 is 1.81 bits per heavy atom. The molecular formula is C29H21ClF3N5O5. The lowest BCUT2D eigenvalue weighted by molar-refractivity contribution is -0.384. The first-order chi connectivity index (χ1) is 20.3. The second-order valence-electron chi connectivity index (χ2n) is 9.45. The molecule has 0 unspecified atom stereocenters. The van der Waals surface area contributed by atoms with Gasteiger partial charge in [0.15, 0.2) is 17.0 Å². The highest BCUT2D eigenvalue weighted by molar-refractivity contribution is 6.37. The molecule has 0 atom stereocenters. The SMILES string of the molecule is COc1cccc(-c2cc(C(F)(F)F)n3nc(C(=O)Nc4cc(Oc5cc(C)ccc5C)cc([N+](=O)[O-])c4)c(Cl)c3n2)c1. The largest absolute Gasteiger partial charge is 0.497 e. The average Bonchev–Trinajstić information content (AvgIpc) is 3.30. The second-order valence-corrected chi connectivity index (χ2v) is 9.83. The molecule has 0 aliphatic rings. The first-order valence-corrected chi connectivity index (χ1v) is 12.9. The number of hydrogen-bond donors (Lipinski definition) is 1. The van der Waals surface area contributed by atoms with Gasteiger partial charge in [-0.25, -0.2) is 9.50 Å². The minimum Gasteiger partial charge on any atom is -0.497 e. The number of nitrogens with zero attached hydrogens (tertiary/aromatic N) is 4. The maximum atomic E-state index is 14.1. The molecule has 0 aliphatic carbocycles. The molecule has 2 heterocycles. The van der Waals surface area contributed by atoms with Crippen LogP contribution in [0.4, 0.5) is 24.5 Å². The highest BCUT2D eigenvalue weighted by Gasteiger charge is 2.37. The van der Waals surface area contributed by atoms with E-state index in [1.165, 1.54) is 25.3 Å². The zero-order chi connectivity index (χ0) is 31.1. The van der Waals surface area contributed by atoms with Crippen molar-refractivity contribution in [1.29, 1.82) is 0 Å². The summed E-state index contributed by atoms with van der Waals surface area (Å²) >= 11 is 6.38. The number of nitro benzene ring substituents is 1. The van der Waals surface area contributed by atoms with E-state index in [9.17, 15) is 28.1 Å². The van der Waals surface area contributed by atoms with Crippen LogP contribution in [-0.2, 0) is 6.18 Å². The number of rotatable bonds is 7. The Hall–Kier alpha value is -5.17. The molecule has 0 radical (unpaired) electrons. The Labute approximate surface area is 246 Å². The molecule has 2 aromatic heterocycles. The van der Waals surface area contributed by atoms with Crippen LogP contribution in [0, 0.1) is 24.0 Å². The van der Waals surface area contributed by atoms with Gasteiger partial charge in [-0.1, -0.05) is 35.9 Å². The third-order valence-corrected chi connectivity index (χ3v) is 6.68. The number of benzene rings is 3. The number of amides is 1. The minimum atomic E-state index is -4.89. The van der Waals surface area contributed by atoms with Crippen molar-refractivity contribution >= 4 is 34.5 Å². The van der Waals surface area contributed by atoms with Crippen molar-refractivity contribution in [1.82, 2.24) is 14.6 Å². The monoisotopic (exact) mass is 611 g/mol. The van der Waals surface area contributed by atoms with Gasteiger partial charge in [-0.05, 0) is 49.2 Å². The molecule has 0 saturated carbocycles. The van der Waals surface area contributed by atoms with Crippen LogP contribution in [0.5, 0.6) is 17.2 Å². The third-order valence-electron chi connectivity index (χ3n) is 6.34. The van der Waals surface area contributed by atoms with Crippen LogP contribution >= 0.6 is 11.6 Å². The van der Waals surface area contributed by atoms with E-state index in [-0.39, 0.29) is 17.1 Å². The van der Waals surface area contributed by atoms with Gasteiger partial charge < -0.3 is 14.8 Å². The van der Waals surface area contributed by atoms with Crippen molar-refractivity contribution in [3.8, 4) is 28.5 Å². The van der Waals surface area contributed by atoms with Crippen LogP contribution in [0.25, 0.3) is 16.9 Å². The fraction of sp³-hybridized carbons (Fsp3) is 0.138. The molecule has 0 aliphatic heterocycles. The van der Waals surface area contributed by atoms with Gasteiger partial charge in [0.25, 0.3) is 11.6 Å². The second kappa shape index (κ2) is 11.2. The summed E-state index contributed by atoms with van der Waals surface area (Å²) in [4.78, 5) is 28.4. The maximum Gasteiger partial charge on any atom is 0.433 e. The number of nitrogens with one attached hydrogen (secondary N) is 1. The van der Waals surface area contributed by atoms with Gasteiger partial charge in [-0.3, -0.25) is 14.9 Å². The molecule has 43 heavy (non-hydrogen) atoms. The standard InChI is InChI=1S/C29H21ClF3N5O5/c1-15-7-8-16(2)23(9-15)43-21-12-18(11-19(13-21)38(40)41)34-28(39)26-25(30)27-35-22(17-5-4-6-20(10-17)42-3)14-24(29(31,32)33)37(27)36-26/h4-14H,1-3H3,(H,34,39). The highest BCUT2D eigenvalue weighted by Crippen LogP contribution is 2.36. The molecule has 0 spiro atoms. The minimum absolute atomic E-state index is 0.0447. The number of nitro groups is 1. The highest BCUT2D eigenvalue weighted by atomic mass is 35.5. The van der Waals surface area contributed by atoms with E-state index in [2.05, 4.69) is 15.4 Å². The zero-order valence-corrected chi connectivity index (χ0v) is 23.4. The summed E-state index contributed by atoms with van der Waals surface area (Å²) in [7, 11) is 1.41. The van der Waals surface area contributed by atoms with E-state index in [0.29, 0.717) is 21.6 Å². The Morgan fingerprint density at radius 1 is 1.05 bits per heavy atom. The van der Waals surface area contributed by atoms with Gasteiger partial charge in [0.2, 0.25) is 0 Å². The molecule has 5 rings (SSSR count). The number of ether oxygens (including phenoxy) is 2. The summed E-state index contributed by atoms with van der Waals surface area (Å²) in [5.74, 6) is -0.142. The summed E-state index contributed by atoms with van der Waals surface area (Å²) in [5.41, 5.74) is -0.818. The number of methoxy groups -OCH3 is 1. The van der Waals surface area contributed by atoms with Gasteiger partial charge in [-0.15, -0.1) is 0 Å². The number of halogens is 4. The Kier molecular flexibility index (Phi) is 7.67. The Balaban J connectivity index is 1.55. The molecule has 1 amide bonds. The summed E-state index contributed by atoms with van der Waals surface area (Å²) in [5, 5.41) is 17.4. The van der Waals surface area contributed by atoms with Crippen molar-refractivity contribution < 1.29 is 32.4 Å². The Bertz CT molecular complexity index is 1910. The van der Waals surface area contributed by atoms with Crippen molar-refractivity contribution in [3.63, 3.8) is 0 Å². The number of alkyl halides is 3. The number of aromatic nitrogens is 3. The van der Waals surface area contributed by atoms with E-state index >= 15 is 0 Å². The van der Waals surface area contributed by atoms with E-state index in [1.54, 1.807) is 31.2 Å². The summed E-state index contributed by atoms with van der Waals surface area (Å²) in [6.45, 7) is 3.64. The van der Waals surface area contributed by atoms with Crippen LogP contribution < -0.4 is 14.8 Å². The molecule has 1 N–H and O–H groups in total. The molecule has 0 fully saturated rings. The molecule has 5 aromatic rings. The number of anilines is 1. The quantitative estimate of drug-likeness (QED) is 0.148. The smallest absolute Gasteiger partial charge is 0.433 e. The van der Waals surface area contributed by atoms with Crippen molar-refractivity contribution in [2.24, 2.45) is 0 Å². The van der Waals surface area contributed by atoms with Crippen LogP contribution in [0.3, 0.4) is 0 Å². The maximum absolute atomic E-state index is 14.1. The number of fused-ring (bicyclic) bond motifs is 1. The first kappa shape index (κ1) is 29.3. The van der Waals surface area contributed by atoms with Gasteiger partial charge in [0, 0.05) is 17.7 Å². The fourth-order valence-corrected chi connectivity index (χ4v) is 4.47. The van der Waals surface area contributed by atoms with Crippen LogP contribution in [0.1, 0.15) is 27.3 Å². The normalized spacial score (nSPS) is 11.4. The lowest BCUT2D eigenvalue weighted by atomic mass is 10.1. The molecule has 14 heteroatoms. The van der Waals surface area contributed by atoms with E-state index in [0.717, 1.165) is 23.3 Å². The number of carbonyl (C=O) groups excluding carboxylic acids is 1. The van der Waals surface area contributed by atoms with Crippen molar-refractivity contribution in [2.45, 2.75) is 20.0 Å². The van der Waals surface area contributed by atoms with Crippen LogP contribution in [0.15, 0.2) is 66.7 Å². The van der Waals surface area contributed by atoms with Gasteiger partial charge in [0.1, 0.15) is 22.3 Å². The predicted octanol–water partition coefficient (Wildman–Crippen LogP) is 7.65. The van der Waals surface area contributed by atoms with Gasteiger partial charge in [-0.2, -0.15) is 18.3 Å². The number of non-ortho nitro benzene ring substituents is 1. The topological polar surface area (TPSA) is 121 Å². The predicted molar refractivity (Wildman–Crippen MR) is 152 cm³/mol. The van der Waals surface area contributed by atoms with Gasteiger partial charge in [0.05, 0.1) is 29.5 Å². The first-order valence-electron chi connectivity index (χ1n) is 12.5. The molecule has 10 nitrogen and oxygen atoms in total. The molecular weight excluding hydrogens is 591 g/mol. The van der Waals surface area contributed by atoms with Gasteiger partial charge >= 0.3 is 6.18 Å². The van der Waals surface area contributed by atoms with E-state index in [4.69, 9.17) is 21.1 Å². The number of hydrogen-bond acceptors (Lipinski definition) is 7. The fourth-order valence-electron chi connectivity index (χ4n) is 4.22. The average molecular weight is 612 g/mol. The number of carbonyl (C=O) groups is 1. The number of aryl methyl sites for hydroxylation is 2.